The van der Waals surface area contributed by atoms with Crippen molar-refractivity contribution in [1.82, 2.24) is 9.55 Å². The first-order valence-corrected chi connectivity index (χ1v) is 12.0. The fourth-order valence-electron chi connectivity index (χ4n) is 4.67. The maximum atomic E-state index is 12.4. The zero-order valence-electron chi connectivity index (χ0n) is 17.1. The largest absolute Gasteiger partial charge is 0.380 e. The molecule has 2 aliphatic heterocycles. The van der Waals surface area contributed by atoms with Gasteiger partial charge in [0.15, 0.2) is 9.84 Å². The minimum Gasteiger partial charge on any atom is -0.380 e. The van der Waals surface area contributed by atoms with E-state index in [0.29, 0.717) is 10.9 Å². The van der Waals surface area contributed by atoms with Crippen molar-refractivity contribution >= 4 is 26.4 Å². The SMILES string of the molecule is Cn1ccc2c(-c3cc(S(C)(=O)=O)ccc3N3CCC4(CC3)COC4)c[nH]c(=O)c21. The van der Waals surface area contributed by atoms with Crippen LogP contribution in [0.3, 0.4) is 0 Å². The number of pyridine rings is 1. The third kappa shape index (κ3) is 3.06. The molecule has 2 fully saturated rings. The number of hydrogen-bond donors (Lipinski definition) is 1. The zero-order chi connectivity index (χ0) is 21.1. The van der Waals surface area contributed by atoms with Gasteiger partial charge >= 0.3 is 0 Å². The number of aromatic amines is 1. The van der Waals surface area contributed by atoms with Crippen LogP contribution < -0.4 is 10.5 Å². The molecule has 2 saturated heterocycles. The van der Waals surface area contributed by atoms with Crippen molar-refractivity contribution in [2.45, 2.75) is 17.7 Å². The van der Waals surface area contributed by atoms with Gasteiger partial charge in [0.1, 0.15) is 5.52 Å². The average Bonchev–Trinajstić information content (AvgIpc) is 3.09. The number of hydrogen-bond acceptors (Lipinski definition) is 5. The molecule has 0 atom stereocenters. The number of H-pyrrole nitrogens is 1. The van der Waals surface area contributed by atoms with Gasteiger partial charge in [-0.3, -0.25) is 4.79 Å². The highest BCUT2D eigenvalue weighted by atomic mass is 32.2. The van der Waals surface area contributed by atoms with Crippen molar-refractivity contribution < 1.29 is 13.2 Å². The molecule has 3 aromatic rings. The second kappa shape index (κ2) is 6.72. The number of aromatic nitrogens is 2. The number of sulfone groups is 1. The van der Waals surface area contributed by atoms with Crippen LogP contribution in [0, 0.1) is 5.41 Å². The highest BCUT2D eigenvalue weighted by Crippen LogP contribution is 2.42. The van der Waals surface area contributed by atoms with Crippen LogP contribution in [0.1, 0.15) is 12.8 Å². The summed E-state index contributed by atoms with van der Waals surface area (Å²) in [6, 6.07) is 7.23. The molecule has 1 aromatic carbocycles. The minimum atomic E-state index is -3.36. The van der Waals surface area contributed by atoms with Gasteiger partial charge in [0.25, 0.3) is 5.56 Å². The lowest BCUT2D eigenvalue weighted by atomic mass is 9.76. The fraction of sp³-hybridized carbons (Fsp3) is 0.409. The smallest absolute Gasteiger partial charge is 0.272 e. The molecule has 7 nitrogen and oxygen atoms in total. The molecular weight excluding hydrogens is 402 g/mol. The number of fused-ring (bicyclic) bond motifs is 1. The Bertz CT molecular complexity index is 1290. The van der Waals surface area contributed by atoms with E-state index in [1.165, 1.54) is 6.26 Å². The Kier molecular flexibility index (Phi) is 4.34. The highest BCUT2D eigenvalue weighted by Gasteiger charge is 2.41. The van der Waals surface area contributed by atoms with Crippen molar-refractivity contribution in [3.05, 3.63) is 47.0 Å². The van der Waals surface area contributed by atoms with E-state index in [1.54, 1.807) is 22.9 Å². The van der Waals surface area contributed by atoms with Gasteiger partial charge in [-0.1, -0.05) is 0 Å². The summed E-state index contributed by atoms with van der Waals surface area (Å²) in [7, 11) is -1.53. The lowest BCUT2D eigenvalue weighted by molar-refractivity contribution is -0.124. The molecule has 0 unspecified atom stereocenters. The number of nitrogens with one attached hydrogen (secondary N) is 1. The zero-order valence-corrected chi connectivity index (χ0v) is 18.0. The molecule has 158 valence electrons. The number of anilines is 1. The van der Waals surface area contributed by atoms with Gasteiger partial charge in [0.05, 0.1) is 18.1 Å². The summed E-state index contributed by atoms with van der Waals surface area (Å²) in [5, 5.41) is 0.814. The van der Waals surface area contributed by atoms with Crippen molar-refractivity contribution in [3.8, 4) is 11.1 Å². The van der Waals surface area contributed by atoms with Crippen molar-refractivity contribution in [2.24, 2.45) is 12.5 Å². The lowest BCUT2D eigenvalue weighted by Crippen LogP contribution is -2.51. The van der Waals surface area contributed by atoms with Crippen molar-refractivity contribution in [3.63, 3.8) is 0 Å². The summed E-state index contributed by atoms with van der Waals surface area (Å²) in [5.74, 6) is 0. The second-order valence-corrected chi connectivity index (χ2v) is 10.7. The maximum absolute atomic E-state index is 12.4. The van der Waals surface area contributed by atoms with Crippen LogP contribution in [-0.2, 0) is 21.6 Å². The number of rotatable bonds is 3. The number of aryl methyl sites for hydroxylation is 1. The molecule has 0 bridgehead atoms. The van der Waals surface area contributed by atoms with Crippen LogP contribution >= 0.6 is 0 Å². The second-order valence-electron chi connectivity index (χ2n) is 8.65. The van der Waals surface area contributed by atoms with Crippen LogP contribution in [-0.4, -0.2) is 50.5 Å². The van der Waals surface area contributed by atoms with E-state index in [2.05, 4.69) is 9.88 Å². The monoisotopic (exact) mass is 427 g/mol. The van der Waals surface area contributed by atoms with Crippen LogP contribution in [0.15, 0.2) is 46.3 Å². The minimum absolute atomic E-state index is 0.160. The topological polar surface area (TPSA) is 84.4 Å². The molecule has 30 heavy (non-hydrogen) atoms. The Morgan fingerprint density at radius 2 is 1.83 bits per heavy atom. The predicted molar refractivity (Wildman–Crippen MR) is 117 cm³/mol. The lowest BCUT2D eigenvalue weighted by Gasteiger charge is -2.48. The maximum Gasteiger partial charge on any atom is 0.272 e. The van der Waals surface area contributed by atoms with E-state index in [1.807, 2.05) is 25.4 Å². The number of benzene rings is 1. The summed E-state index contributed by atoms with van der Waals surface area (Å²) in [6.45, 7) is 3.47. The van der Waals surface area contributed by atoms with Gasteiger partial charge < -0.3 is 19.2 Å². The summed E-state index contributed by atoms with van der Waals surface area (Å²) in [4.78, 5) is 17.8. The quantitative estimate of drug-likeness (QED) is 0.695. The average molecular weight is 428 g/mol. The Hall–Kier alpha value is -2.58. The van der Waals surface area contributed by atoms with Crippen LogP contribution in [0.5, 0.6) is 0 Å². The molecule has 2 aliphatic rings. The Morgan fingerprint density at radius 3 is 2.47 bits per heavy atom. The fourth-order valence-corrected chi connectivity index (χ4v) is 5.32. The molecule has 1 spiro atoms. The van der Waals surface area contributed by atoms with Gasteiger partial charge in [-0.2, -0.15) is 0 Å². The van der Waals surface area contributed by atoms with Crippen molar-refractivity contribution in [1.29, 1.82) is 0 Å². The van der Waals surface area contributed by atoms with Crippen molar-refractivity contribution in [2.75, 3.05) is 37.5 Å². The summed E-state index contributed by atoms with van der Waals surface area (Å²) >= 11 is 0. The van der Waals surface area contributed by atoms with E-state index < -0.39 is 9.84 Å². The van der Waals surface area contributed by atoms with Gasteiger partial charge in [0, 0.05) is 66.4 Å². The van der Waals surface area contributed by atoms with Crippen LogP contribution in [0.2, 0.25) is 0 Å². The van der Waals surface area contributed by atoms with Crippen LogP contribution in [0.4, 0.5) is 5.69 Å². The molecule has 0 saturated carbocycles. The first kappa shape index (κ1) is 19.4. The molecule has 4 heterocycles. The molecule has 0 radical (unpaired) electrons. The molecule has 8 heteroatoms. The standard InChI is InChI=1S/C22H25N3O4S/c1-24-8-5-16-18(12-23-21(26)20(16)24)17-11-15(30(2,27)28)3-4-19(17)25-9-6-22(7-10-25)13-29-14-22/h3-5,8,11-12H,6-7,9-10,13-14H2,1-2H3,(H,23,26). The normalized spacial score (nSPS) is 18.7. The first-order valence-electron chi connectivity index (χ1n) is 10.1. The Balaban J connectivity index is 1.66. The molecule has 1 N–H and O–H groups in total. The molecule has 0 amide bonds. The number of ether oxygens (including phenoxy) is 1. The van der Waals surface area contributed by atoms with Gasteiger partial charge in [-0.05, 0) is 37.1 Å². The number of nitrogens with zero attached hydrogens (tertiary/aromatic N) is 2. The van der Waals surface area contributed by atoms with Crippen LogP contribution in [0.25, 0.3) is 22.0 Å². The molecule has 0 aliphatic carbocycles. The van der Waals surface area contributed by atoms with E-state index in [0.717, 1.165) is 61.3 Å². The number of piperidine rings is 1. The van der Waals surface area contributed by atoms with Gasteiger partial charge in [-0.25, -0.2) is 8.42 Å². The summed E-state index contributed by atoms with van der Waals surface area (Å²) in [5.41, 5.74) is 3.38. The predicted octanol–water partition coefficient (Wildman–Crippen LogP) is 2.55. The van der Waals surface area contributed by atoms with E-state index in [-0.39, 0.29) is 10.5 Å². The van der Waals surface area contributed by atoms with Gasteiger partial charge in [0.2, 0.25) is 0 Å². The molecular formula is C22H25N3O4S. The Morgan fingerprint density at radius 1 is 1.10 bits per heavy atom. The van der Waals surface area contributed by atoms with E-state index in [4.69, 9.17) is 4.74 Å². The third-order valence-electron chi connectivity index (χ3n) is 6.59. The highest BCUT2D eigenvalue weighted by molar-refractivity contribution is 7.90. The van der Waals surface area contributed by atoms with E-state index in [9.17, 15) is 13.2 Å². The van der Waals surface area contributed by atoms with E-state index >= 15 is 0 Å². The third-order valence-corrected chi connectivity index (χ3v) is 7.70. The summed E-state index contributed by atoms with van der Waals surface area (Å²) in [6.07, 6.45) is 6.89. The Labute approximate surface area is 175 Å². The first-order chi connectivity index (χ1) is 14.3. The summed E-state index contributed by atoms with van der Waals surface area (Å²) < 4.78 is 31.8. The molecule has 5 rings (SSSR count). The van der Waals surface area contributed by atoms with Gasteiger partial charge in [-0.15, -0.1) is 0 Å². The molecule has 2 aromatic heterocycles.